The molecule has 5 heteroatoms. The van der Waals surface area contributed by atoms with Gasteiger partial charge in [-0.25, -0.2) is 0 Å². The zero-order chi connectivity index (χ0) is 12.5. The molecule has 0 aromatic carbocycles. The molecule has 2 rings (SSSR count). The molecule has 1 atom stereocenters. The zero-order valence-electron chi connectivity index (χ0n) is 10.2. The van der Waals surface area contributed by atoms with Crippen LogP contribution in [0.2, 0.25) is 0 Å². The van der Waals surface area contributed by atoms with Crippen molar-refractivity contribution < 1.29 is 14.7 Å². The molecule has 1 unspecified atom stereocenters. The Balaban J connectivity index is 1.79. The van der Waals surface area contributed by atoms with Crippen LogP contribution in [0.3, 0.4) is 0 Å². The van der Waals surface area contributed by atoms with Gasteiger partial charge in [-0.3, -0.25) is 9.59 Å². The van der Waals surface area contributed by atoms with Gasteiger partial charge in [-0.2, -0.15) is 0 Å². The molecule has 1 aliphatic carbocycles. The van der Waals surface area contributed by atoms with E-state index in [1.807, 2.05) is 6.92 Å². The summed E-state index contributed by atoms with van der Waals surface area (Å²) in [6.45, 7) is 3.41. The fourth-order valence-electron chi connectivity index (χ4n) is 2.41. The monoisotopic (exact) mass is 240 g/mol. The number of amides is 2. The highest BCUT2D eigenvalue weighted by Crippen LogP contribution is 2.30. The quantitative estimate of drug-likeness (QED) is 0.720. The largest absolute Gasteiger partial charge is 0.388 e. The number of carbonyl (C=O) groups excluding carboxylic acids is 2. The summed E-state index contributed by atoms with van der Waals surface area (Å²) < 4.78 is 0. The molecule has 0 bridgehead atoms. The molecule has 2 N–H and O–H groups in total. The summed E-state index contributed by atoms with van der Waals surface area (Å²) >= 11 is 0. The molecule has 2 amide bonds. The Morgan fingerprint density at radius 3 is 2.76 bits per heavy atom. The van der Waals surface area contributed by atoms with Crippen molar-refractivity contribution in [3.8, 4) is 0 Å². The highest BCUT2D eigenvalue weighted by Gasteiger charge is 2.37. The number of nitrogens with zero attached hydrogens (tertiary/aromatic N) is 1. The fraction of sp³-hybridized carbons (Fsp3) is 0.833. The molecule has 0 aromatic rings. The van der Waals surface area contributed by atoms with Gasteiger partial charge in [0.2, 0.25) is 11.8 Å². The maximum Gasteiger partial charge on any atom is 0.225 e. The highest BCUT2D eigenvalue weighted by atomic mass is 16.3. The van der Waals surface area contributed by atoms with E-state index >= 15 is 0 Å². The number of nitrogens with one attached hydrogen (secondary N) is 1. The van der Waals surface area contributed by atoms with Crippen LogP contribution >= 0.6 is 0 Å². The van der Waals surface area contributed by atoms with E-state index in [0.717, 1.165) is 19.3 Å². The summed E-state index contributed by atoms with van der Waals surface area (Å²) in [6, 6.07) is 0. The minimum atomic E-state index is -0.692. The van der Waals surface area contributed by atoms with Crippen LogP contribution in [0.5, 0.6) is 0 Å². The Hall–Kier alpha value is -1.10. The normalized spacial score (nSPS) is 26.8. The summed E-state index contributed by atoms with van der Waals surface area (Å²) in [5, 5.41) is 12.6. The first-order valence-electron chi connectivity index (χ1n) is 6.32. The van der Waals surface area contributed by atoms with E-state index < -0.39 is 5.60 Å². The lowest BCUT2D eigenvalue weighted by Crippen LogP contribution is -2.49. The minimum Gasteiger partial charge on any atom is -0.388 e. The van der Waals surface area contributed by atoms with Crippen LogP contribution in [-0.2, 0) is 9.59 Å². The van der Waals surface area contributed by atoms with Gasteiger partial charge in [0.05, 0.1) is 11.5 Å². The van der Waals surface area contributed by atoms with Crippen molar-refractivity contribution in [2.45, 2.75) is 38.2 Å². The molecule has 0 spiro atoms. The SMILES string of the molecule is CCN1CC(C(=O)NCC2(O)CCC2)CC1=O. The average molecular weight is 240 g/mol. The van der Waals surface area contributed by atoms with Crippen LogP contribution in [0.4, 0.5) is 0 Å². The third-order valence-electron chi connectivity index (χ3n) is 3.84. The van der Waals surface area contributed by atoms with Crippen molar-refractivity contribution in [1.29, 1.82) is 0 Å². The number of hydrogen-bond acceptors (Lipinski definition) is 3. The molecule has 1 aliphatic heterocycles. The van der Waals surface area contributed by atoms with Gasteiger partial charge in [-0.1, -0.05) is 0 Å². The molecule has 1 saturated carbocycles. The van der Waals surface area contributed by atoms with Gasteiger partial charge in [0.1, 0.15) is 0 Å². The average Bonchev–Trinajstić information content (AvgIpc) is 2.65. The summed E-state index contributed by atoms with van der Waals surface area (Å²) in [6.07, 6.45) is 2.85. The summed E-state index contributed by atoms with van der Waals surface area (Å²) in [5.41, 5.74) is -0.692. The van der Waals surface area contributed by atoms with Crippen LogP contribution in [0.25, 0.3) is 0 Å². The summed E-state index contributed by atoms with van der Waals surface area (Å²) in [7, 11) is 0. The number of carbonyl (C=O) groups is 2. The highest BCUT2D eigenvalue weighted by molar-refractivity contribution is 5.89. The lowest BCUT2D eigenvalue weighted by atomic mass is 9.80. The molecule has 1 saturated heterocycles. The van der Waals surface area contributed by atoms with Crippen LogP contribution in [0.1, 0.15) is 32.6 Å². The first-order chi connectivity index (χ1) is 8.04. The van der Waals surface area contributed by atoms with E-state index in [9.17, 15) is 14.7 Å². The number of aliphatic hydroxyl groups is 1. The van der Waals surface area contributed by atoms with Crippen molar-refractivity contribution in [3.05, 3.63) is 0 Å². The Kier molecular flexibility index (Phi) is 3.38. The predicted molar refractivity (Wildman–Crippen MR) is 62.2 cm³/mol. The molecule has 96 valence electrons. The molecule has 2 aliphatic rings. The van der Waals surface area contributed by atoms with Crippen molar-refractivity contribution in [3.63, 3.8) is 0 Å². The number of hydrogen-bond donors (Lipinski definition) is 2. The van der Waals surface area contributed by atoms with Gasteiger partial charge in [0.25, 0.3) is 0 Å². The second kappa shape index (κ2) is 4.64. The minimum absolute atomic E-state index is 0.0509. The summed E-state index contributed by atoms with van der Waals surface area (Å²) in [5.74, 6) is -0.296. The van der Waals surface area contributed by atoms with E-state index in [0.29, 0.717) is 26.1 Å². The number of rotatable bonds is 4. The maximum atomic E-state index is 11.8. The standard InChI is InChI=1S/C12H20N2O3/c1-2-14-7-9(6-10(14)15)11(16)13-8-12(17)4-3-5-12/h9,17H,2-8H2,1H3,(H,13,16). The lowest BCUT2D eigenvalue weighted by molar-refractivity contribution is -0.129. The maximum absolute atomic E-state index is 11.8. The van der Waals surface area contributed by atoms with Crippen LogP contribution < -0.4 is 5.32 Å². The molecular formula is C12H20N2O3. The van der Waals surface area contributed by atoms with Gasteiger partial charge >= 0.3 is 0 Å². The van der Waals surface area contributed by atoms with Crippen molar-refractivity contribution in [1.82, 2.24) is 10.2 Å². The Morgan fingerprint density at radius 1 is 1.59 bits per heavy atom. The molecular weight excluding hydrogens is 220 g/mol. The molecule has 17 heavy (non-hydrogen) atoms. The van der Waals surface area contributed by atoms with Crippen LogP contribution in [-0.4, -0.2) is 47.1 Å². The second-order valence-corrected chi connectivity index (χ2v) is 5.13. The van der Waals surface area contributed by atoms with Crippen molar-refractivity contribution in [2.75, 3.05) is 19.6 Å². The smallest absolute Gasteiger partial charge is 0.225 e. The van der Waals surface area contributed by atoms with E-state index in [1.165, 1.54) is 0 Å². The Labute approximate surface area is 101 Å². The van der Waals surface area contributed by atoms with E-state index in [1.54, 1.807) is 4.90 Å². The molecule has 5 nitrogen and oxygen atoms in total. The third-order valence-corrected chi connectivity index (χ3v) is 3.84. The molecule has 2 fully saturated rings. The van der Waals surface area contributed by atoms with Gasteiger partial charge < -0.3 is 15.3 Å². The van der Waals surface area contributed by atoms with Gasteiger partial charge in [-0.05, 0) is 26.2 Å². The topological polar surface area (TPSA) is 69.6 Å². The lowest BCUT2D eigenvalue weighted by Gasteiger charge is -2.36. The third kappa shape index (κ3) is 2.60. The molecule has 0 radical (unpaired) electrons. The molecule has 0 aromatic heterocycles. The van der Waals surface area contributed by atoms with Gasteiger partial charge in [0.15, 0.2) is 0 Å². The predicted octanol–water partition coefficient (Wildman–Crippen LogP) is -0.114. The van der Waals surface area contributed by atoms with Crippen molar-refractivity contribution in [2.24, 2.45) is 5.92 Å². The van der Waals surface area contributed by atoms with Crippen LogP contribution in [0, 0.1) is 5.92 Å². The first-order valence-corrected chi connectivity index (χ1v) is 6.32. The summed E-state index contributed by atoms with van der Waals surface area (Å²) in [4.78, 5) is 25.0. The first kappa shape index (κ1) is 12.4. The zero-order valence-corrected chi connectivity index (χ0v) is 10.2. The van der Waals surface area contributed by atoms with E-state index in [4.69, 9.17) is 0 Å². The number of likely N-dealkylation sites (tertiary alicyclic amines) is 1. The molecule has 1 heterocycles. The second-order valence-electron chi connectivity index (χ2n) is 5.13. The van der Waals surface area contributed by atoms with E-state index in [2.05, 4.69) is 5.32 Å². The van der Waals surface area contributed by atoms with E-state index in [-0.39, 0.29) is 17.7 Å². The van der Waals surface area contributed by atoms with Crippen LogP contribution in [0.15, 0.2) is 0 Å². The Morgan fingerprint density at radius 2 is 2.29 bits per heavy atom. The Bertz CT molecular complexity index is 326. The van der Waals surface area contributed by atoms with Gasteiger partial charge in [0, 0.05) is 26.1 Å². The van der Waals surface area contributed by atoms with Crippen molar-refractivity contribution >= 4 is 11.8 Å². The van der Waals surface area contributed by atoms with Gasteiger partial charge in [-0.15, -0.1) is 0 Å². The fourth-order valence-corrected chi connectivity index (χ4v) is 2.41.